The van der Waals surface area contributed by atoms with Crippen molar-refractivity contribution in [2.24, 2.45) is 0 Å². The van der Waals surface area contributed by atoms with Crippen LogP contribution in [0.4, 0.5) is 4.39 Å². The molecule has 24 heavy (non-hydrogen) atoms. The van der Waals surface area contributed by atoms with Crippen molar-refractivity contribution in [3.05, 3.63) is 65.5 Å². The number of nitrogens with zero attached hydrogens (tertiary/aromatic N) is 3. The van der Waals surface area contributed by atoms with Crippen LogP contribution in [0.1, 0.15) is 17.2 Å². The molecule has 4 nitrogen and oxygen atoms in total. The van der Waals surface area contributed by atoms with E-state index in [4.69, 9.17) is 4.74 Å². The van der Waals surface area contributed by atoms with Crippen LogP contribution in [0, 0.1) is 5.82 Å². The average molecular weight is 339 g/mol. The largest absolute Gasteiger partial charge is 0.467 e. The molecule has 1 aliphatic heterocycles. The van der Waals surface area contributed by atoms with E-state index >= 15 is 0 Å². The third kappa shape index (κ3) is 2.63. The van der Waals surface area contributed by atoms with Gasteiger partial charge in [-0.2, -0.15) is 4.98 Å². The van der Waals surface area contributed by atoms with E-state index < -0.39 is 6.10 Å². The molecule has 3 aromatic rings. The van der Waals surface area contributed by atoms with Gasteiger partial charge < -0.3 is 4.74 Å². The second-order valence-corrected chi connectivity index (χ2v) is 6.21. The fourth-order valence-corrected chi connectivity index (χ4v) is 3.15. The molecule has 0 spiro atoms. The molecule has 1 aromatic heterocycles. The van der Waals surface area contributed by atoms with Gasteiger partial charge in [-0.3, -0.25) is 0 Å². The van der Waals surface area contributed by atoms with Gasteiger partial charge in [0.1, 0.15) is 11.9 Å². The number of hydrogen-bond donors (Lipinski definition) is 0. The average Bonchev–Trinajstić information content (AvgIpc) is 2.78. The summed E-state index contributed by atoms with van der Waals surface area (Å²) in [5.41, 5.74) is 3.09. The monoisotopic (exact) mass is 339 g/mol. The summed E-state index contributed by atoms with van der Waals surface area (Å²) in [5, 5.41) is 8.93. The zero-order valence-corrected chi connectivity index (χ0v) is 13.8. The van der Waals surface area contributed by atoms with Crippen LogP contribution in [0.3, 0.4) is 0 Å². The molecule has 0 saturated carbocycles. The van der Waals surface area contributed by atoms with E-state index in [1.54, 1.807) is 12.1 Å². The van der Waals surface area contributed by atoms with Crippen molar-refractivity contribution in [1.29, 1.82) is 0 Å². The Balaban J connectivity index is 1.89. The Morgan fingerprint density at radius 1 is 1.08 bits per heavy atom. The molecule has 0 bridgehead atoms. The molecule has 1 unspecified atom stereocenters. The van der Waals surface area contributed by atoms with Crippen molar-refractivity contribution in [1.82, 2.24) is 15.2 Å². The molecule has 1 aliphatic rings. The Hall–Kier alpha value is -2.47. The summed E-state index contributed by atoms with van der Waals surface area (Å²) in [7, 11) is 0. The lowest BCUT2D eigenvalue weighted by molar-refractivity contribution is 0.193. The highest BCUT2D eigenvalue weighted by Gasteiger charge is 2.27. The Labute approximate surface area is 143 Å². The van der Waals surface area contributed by atoms with Gasteiger partial charge in [0.2, 0.25) is 11.0 Å². The first-order valence-electron chi connectivity index (χ1n) is 7.54. The van der Waals surface area contributed by atoms with Crippen molar-refractivity contribution in [2.45, 2.75) is 17.7 Å². The quantitative estimate of drug-likeness (QED) is 0.659. The smallest absolute Gasteiger partial charge is 0.245 e. The number of hydrogen-bond acceptors (Lipinski definition) is 5. The number of halogens is 1. The third-order valence-corrected chi connectivity index (χ3v) is 4.54. The number of aromatic nitrogens is 3. The summed E-state index contributed by atoms with van der Waals surface area (Å²) in [4.78, 5) is 4.44. The number of thioether (sulfide) groups is 1. The zero-order valence-electron chi connectivity index (χ0n) is 12.9. The van der Waals surface area contributed by atoms with Crippen LogP contribution >= 0.6 is 11.8 Å². The topological polar surface area (TPSA) is 47.9 Å². The fourth-order valence-electron chi connectivity index (χ4n) is 2.85. The summed E-state index contributed by atoms with van der Waals surface area (Å²) in [6.45, 7) is 0. The number of fused-ring (bicyclic) bond motifs is 3. The summed E-state index contributed by atoms with van der Waals surface area (Å²) in [6, 6.07) is 14.6. The van der Waals surface area contributed by atoms with Crippen LogP contribution in [0.15, 0.2) is 53.7 Å². The molecule has 0 amide bonds. The van der Waals surface area contributed by atoms with Gasteiger partial charge in [-0.15, -0.1) is 10.2 Å². The lowest BCUT2D eigenvalue weighted by atomic mass is 9.97. The molecule has 0 fully saturated rings. The lowest BCUT2D eigenvalue weighted by Crippen LogP contribution is -2.12. The van der Waals surface area contributed by atoms with Crippen molar-refractivity contribution >= 4 is 11.8 Å². The van der Waals surface area contributed by atoms with E-state index in [1.165, 1.54) is 17.8 Å². The lowest BCUT2D eigenvalue weighted by Gasteiger charge is -2.17. The molecule has 0 radical (unpaired) electrons. The van der Waals surface area contributed by atoms with Crippen molar-refractivity contribution in [3.8, 4) is 17.1 Å². The minimum absolute atomic E-state index is 0.282. The molecule has 1 atom stereocenters. The maximum Gasteiger partial charge on any atom is 0.245 e. The highest BCUT2D eigenvalue weighted by atomic mass is 32.2. The molecular formula is C18H14FN3OS. The van der Waals surface area contributed by atoms with Crippen molar-refractivity contribution < 1.29 is 9.13 Å². The Morgan fingerprint density at radius 2 is 1.88 bits per heavy atom. The van der Waals surface area contributed by atoms with Gasteiger partial charge in [0, 0.05) is 17.5 Å². The van der Waals surface area contributed by atoms with E-state index in [-0.39, 0.29) is 5.82 Å². The fraction of sp³-hybridized carbons (Fsp3) is 0.167. The SMILES string of the molecule is CSc1nnc2c(n1)OC(c1ccccc1F)Cc1ccccc1-2. The van der Waals surface area contributed by atoms with Crippen LogP contribution in [0.2, 0.25) is 0 Å². The van der Waals surface area contributed by atoms with Gasteiger partial charge in [-0.05, 0) is 17.9 Å². The maximum atomic E-state index is 14.3. The summed E-state index contributed by atoms with van der Waals surface area (Å²) in [6.07, 6.45) is 1.96. The molecule has 2 heterocycles. The second-order valence-electron chi connectivity index (χ2n) is 5.44. The number of benzene rings is 2. The van der Waals surface area contributed by atoms with Crippen molar-refractivity contribution in [2.75, 3.05) is 6.26 Å². The first kappa shape index (κ1) is 15.1. The first-order valence-corrected chi connectivity index (χ1v) is 8.77. The Kier molecular flexibility index (Phi) is 3.90. The van der Waals surface area contributed by atoms with Crippen LogP contribution in [-0.2, 0) is 6.42 Å². The molecule has 6 heteroatoms. The predicted molar refractivity (Wildman–Crippen MR) is 90.5 cm³/mol. The second kappa shape index (κ2) is 6.20. The molecule has 2 aromatic carbocycles. The summed E-state index contributed by atoms with van der Waals surface area (Å²) in [5.74, 6) is 0.114. The van der Waals surface area contributed by atoms with Crippen LogP contribution in [0.25, 0.3) is 11.3 Å². The minimum atomic E-state index is -0.458. The van der Waals surface area contributed by atoms with Crippen LogP contribution in [0.5, 0.6) is 5.88 Å². The molecule has 0 saturated heterocycles. The normalized spacial score (nSPS) is 15.8. The van der Waals surface area contributed by atoms with Gasteiger partial charge in [-0.1, -0.05) is 54.2 Å². The van der Waals surface area contributed by atoms with Gasteiger partial charge in [0.25, 0.3) is 0 Å². The third-order valence-electron chi connectivity index (χ3n) is 4.00. The molecule has 120 valence electrons. The van der Waals surface area contributed by atoms with Crippen LogP contribution < -0.4 is 4.74 Å². The molecule has 0 aliphatic carbocycles. The molecular weight excluding hydrogens is 325 g/mol. The van der Waals surface area contributed by atoms with E-state index in [2.05, 4.69) is 15.2 Å². The van der Waals surface area contributed by atoms with E-state index in [0.29, 0.717) is 28.7 Å². The number of rotatable bonds is 2. The zero-order chi connectivity index (χ0) is 16.5. The predicted octanol–water partition coefficient (Wildman–Crippen LogP) is 4.08. The van der Waals surface area contributed by atoms with Crippen molar-refractivity contribution in [3.63, 3.8) is 0 Å². The van der Waals surface area contributed by atoms with Crippen LogP contribution in [-0.4, -0.2) is 21.4 Å². The minimum Gasteiger partial charge on any atom is -0.467 e. The highest BCUT2D eigenvalue weighted by Crippen LogP contribution is 2.38. The first-order chi connectivity index (χ1) is 11.8. The summed E-state index contributed by atoms with van der Waals surface area (Å²) >= 11 is 1.39. The van der Waals surface area contributed by atoms with Gasteiger partial charge >= 0.3 is 0 Å². The maximum absolute atomic E-state index is 14.3. The molecule has 0 N–H and O–H groups in total. The Morgan fingerprint density at radius 3 is 2.71 bits per heavy atom. The highest BCUT2D eigenvalue weighted by molar-refractivity contribution is 7.98. The standard InChI is InChI=1S/C18H14FN3OS/c1-24-18-20-17-16(21-22-18)12-7-3-2-6-11(12)10-15(23-17)13-8-4-5-9-14(13)19/h2-9,15H,10H2,1H3. The van der Waals surface area contributed by atoms with Gasteiger partial charge in [0.05, 0.1) is 0 Å². The van der Waals surface area contributed by atoms with E-state index in [0.717, 1.165) is 11.1 Å². The molecule has 4 rings (SSSR count). The van der Waals surface area contributed by atoms with E-state index in [9.17, 15) is 4.39 Å². The van der Waals surface area contributed by atoms with E-state index in [1.807, 2.05) is 36.6 Å². The Bertz CT molecular complexity index is 903. The number of ether oxygens (including phenoxy) is 1. The summed E-state index contributed by atoms with van der Waals surface area (Å²) < 4.78 is 20.4. The van der Waals surface area contributed by atoms with Gasteiger partial charge in [-0.25, -0.2) is 4.39 Å². The van der Waals surface area contributed by atoms with Gasteiger partial charge in [0.15, 0.2) is 5.69 Å².